The third-order valence-electron chi connectivity index (χ3n) is 2.14. The van der Waals surface area contributed by atoms with E-state index in [1.807, 2.05) is 0 Å². The number of nitrogens with zero attached hydrogens (tertiary/aromatic N) is 1. The molecule has 0 saturated heterocycles. The molecule has 0 atom stereocenters. The van der Waals surface area contributed by atoms with Crippen LogP contribution in [0.3, 0.4) is 0 Å². The van der Waals surface area contributed by atoms with Gasteiger partial charge in [0, 0.05) is 18.5 Å². The number of aromatic carboxylic acids is 1. The molecule has 1 heterocycles. The van der Waals surface area contributed by atoms with Crippen molar-refractivity contribution < 1.29 is 19.0 Å². The Labute approximate surface area is 110 Å². The van der Waals surface area contributed by atoms with Crippen LogP contribution in [0.4, 0.5) is 4.39 Å². The van der Waals surface area contributed by atoms with Gasteiger partial charge in [-0.1, -0.05) is 6.07 Å². The number of hydrogen-bond donors (Lipinski definition) is 1. The normalized spacial score (nSPS) is 10.1. The number of ether oxygens (including phenoxy) is 1. The van der Waals surface area contributed by atoms with Gasteiger partial charge in [0.25, 0.3) is 0 Å². The standard InChI is InChI=1S/C12H7BrFNO3/c13-7-6-15-5-4-9(7)18-10-3-1-2-8(14)11(10)12(16)17/h1-6H,(H,16,17). The highest BCUT2D eigenvalue weighted by Crippen LogP contribution is 2.31. The van der Waals surface area contributed by atoms with Gasteiger partial charge in [0.2, 0.25) is 0 Å². The lowest BCUT2D eigenvalue weighted by Gasteiger charge is -2.10. The van der Waals surface area contributed by atoms with Gasteiger partial charge in [-0.15, -0.1) is 0 Å². The Morgan fingerprint density at radius 2 is 2.11 bits per heavy atom. The Hall–Kier alpha value is -1.95. The Bertz CT molecular complexity index is 604. The van der Waals surface area contributed by atoms with Crippen LogP contribution in [0, 0.1) is 5.82 Å². The van der Waals surface area contributed by atoms with Crippen molar-refractivity contribution in [2.45, 2.75) is 0 Å². The molecule has 18 heavy (non-hydrogen) atoms. The zero-order chi connectivity index (χ0) is 13.1. The summed E-state index contributed by atoms with van der Waals surface area (Å²) < 4.78 is 19.3. The maximum absolute atomic E-state index is 13.4. The van der Waals surface area contributed by atoms with Crippen LogP contribution in [0.5, 0.6) is 11.5 Å². The van der Waals surface area contributed by atoms with Crippen molar-refractivity contribution in [1.82, 2.24) is 4.98 Å². The predicted molar refractivity (Wildman–Crippen MR) is 65.4 cm³/mol. The topological polar surface area (TPSA) is 59.4 Å². The van der Waals surface area contributed by atoms with Gasteiger partial charge in [0.1, 0.15) is 22.9 Å². The highest BCUT2D eigenvalue weighted by atomic mass is 79.9. The summed E-state index contributed by atoms with van der Waals surface area (Å²) in [6.07, 6.45) is 2.98. The minimum atomic E-state index is -1.38. The van der Waals surface area contributed by atoms with Crippen molar-refractivity contribution in [1.29, 1.82) is 0 Å². The first-order valence-corrected chi connectivity index (χ1v) is 5.68. The predicted octanol–water partition coefficient (Wildman–Crippen LogP) is 3.47. The molecule has 2 aromatic rings. The van der Waals surface area contributed by atoms with E-state index in [9.17, 15) is 9.18 Å². The quantitative estimate of drug-likeness (QED) is 0.943. The Morgan fingerprint density at radius 1 is 1.33 bits per heavy atom. The van der Waals surface area contributed by atoms with Crippen molar-refractivity contribution in [3.05, 3.63) is 52.5 Å². The number of rotatable bonds is 3. The summed E-state index contributed by atoms with van der Waals surface area (Å²) in [6.45, 7) is 0. The molecule has 92 valence electrons. The zero-order valence-electron chi connectivity index (χ0n) is 8.93. The van der Waals surface area contributed by atoms with Crippen molar-refractivity contribution in [2.24, 2.45) is 0 Å². The number of hydrogen-bond acceptors (Lipinski definition) is 3. The van der Waals surface area contributed by atoms with E-state index in [1.54, 1.807) is 6.07 Å². The molecule has 0 saturated carbocycles. The first kappa shape index (κ1) is 12.5. The van der Waals surface area contributed by atoms with E-state index < -0.39 is 17.3 Å². The summed E-state index contributed by atoms with van der Waals surface area (Å²) in [6, 6.07) is 5.38. The van der Waals surface area contributed by atoms with Crippen LogP contribution in [-0.4, -0.2) is 16.1 Å². The van der Waals surface area contributed by atoms with E-state index in [0.29, 0.717) is 10.2 Å². The highest BCUT2D eigenvalue weighted by Gasteiger charge is 2.17. The summed E-state index contributed by atoms with van der Waals surface area (Å²) in [5, 5.41) is 8.95. The molecular weight excluding hydrogens is 305 g/mol. The fourth-order valence-electron chi connectivity index (χ4n) is 1.36. The lowest BCUT2D eigenvalue weighted by Crippen LogP contribution is -2.03. The van der Waals surface area contributed by atoms with Crippen molar-refractivity contribution in [3.8, 4) is 11.5 Å². The maximum Gasteiger partial charge on any atom is 0.342 e. The lowest BCUT2D eigenvalue weighted by atomic mass is 10.2. The molecule has 0 amide bonds. The second-order valence-corrected chi connectivity index (χ2v) is 4.18. The fourth-order valence-corrected chi connectivity index (χ4v) is 1.69. The van der Waals surface area contributed by atoms with Crippen LogP contribution >= 0.6 is 15.9 Å². The largest absolute Gasteiger partial charge is 0.477 e. The van der Waals surface area contributed by atoms with Gasteiger partial charge < -0.3 is 9.84 Å². The zero-order valence-corrected chi connectivity index (χ0v) is 10.5. The molecule has 0 bridgehead atoms. The molecule has 0 spiro atoms. The summed E-state index contributed by atoms with van der Waals surface area (Å²) >= 11 is 3.21. The molecule has 0 aliphatic heterocycles. The van der Waals surface area contributed by atoms with Crippen LogP contribution < -0.4 is 4.74 Å². The number of halogens is 2. The van der Waals surface area contributed by atoms with Gasteiger partial charge in [-0.2, -0.15) is 0 Å². The fraction of sp³-hybridized carbons (Fsp3) is 0. The lowest BCUT2D eigenvalue weighted by molar-refractivity contribution is 0.0689. The number of pyridine rings is 1. The summed E-state index contributed by atoms with van der Waals surface area (Å²) in [5.74, 6) is -1.93. The average Bonchev–Trinajstić information content (AvgIpc) is 2.31. The molecule has 4 nitrogen and oxygen atoms in total. The SMILES string of the molecule is O=C(O)c1c(F)cccc1Oc1ccncc1Br. The van der Waals surface area contributed by atoms with E-state index in [0.717, 1.165) is 6.07 Å². The van der Waals surface area contributed by atoms with E-state index >= 15 is 0 Å². The molecule has 1 aromatic heterocycles. The first-order valence-electron chi connectivity index (χ1n) is 4.89. The third-order valence-corrected chi connectivity index (χ3v) is 2.74. The van der Waals surface area contributed by atoms with Gasteiger partial charge in [-0.3, -0.25) is 4.98 Å². The molecule has 1 N–H and O–H groups in total. The average molecular weight is 312 g/mol. The van der Waals surface area contributed by atoms with Gasteiger partial charge in [0.05, 0.1) is 4.47 Å². The molecular formula is C12H7BrFNO3. The molecule has 1 aromatic carbocycles. The second-order valence-electron chi connectivity index (χ2n) is 3.33. The monoisotopic (exact) mass is 311 g/mol. The van der Waals surface area contributed by atoms with Gasteiger partial charge in [0.15, 0.2) is 0 Å². The summed E-state index contributed by atoms with van der Waals surface area (Å²) in [7, 11) is 0. The van der Waals surface area contributed by atoms with Crippen LogP contribution in [0.1, 0.15) is 10.4 Å². The molecule has 0 radical (unpaired) electrons. The molecule has 2 rings (SSSR count). The van der Waals surface area contributed by atoms with Gasteiger partial charge in [-0.05, 0) is 28.1 Å². The second kappa shape index (κ2) is 5.14. The Balaban J connectivity index is 2.44. The number of carboxylic acid groups (broad SMARTS) is 1. The highest BCUT2D eigenvalue weighted by molar-refractivity contribution is 9.10. The molecule has 6 heteroatoms. The van der Waals surface area contributed by atoms with E-state index in [2.05, 4.69) is 20.9 Å². The van der Waals surface area contributed by atoms with Crippen molar-refractivity contribution >= 4 is 21.9 Å². The van der Waals surface area contributed by atoms with Crippen LogP contribution in [-0.2, 0) is 0 Å². The number of benzene rings is 1. The molecule has 0 unspecified atom stereocenters. The van der Waals surface area contributed by atoms with E-state index in [4.69, 9.17) is 9.84 Å². The van der Waals surface area contributed by atoms with Crippen molar-refractivity contribution in [2.75, 3.05) is 0 Å². The van der Waals surface area contributed by atoms with E-state index in [1.165, 1.54) is 24.5 Å². The summed E-state index contributed by atoms with van der Waals surface area (Å²) in [4.78, 5) is 14.8. The minimum Gasteiger partial charge on any atom is -0.477 e. The van der Waals surface area contributed by atoms with Gasteiger partial charge in [-0.25, -0.2) is 9.18 Å². The number of carboxylic acids is 1. The minimum absolute atomic E-state index is 0.0607. The van der Waals surface area contributed by atoms with Crippen LogP contribution in [0.25, 0.3) is 0 Å². The van der Waals surface area contributed by atoms with Crippen LogP contribution in [0.2, 0.25) is 0 Å². The smallest absolute Gasteiger partial charge is 0.342 e. The first-order chi connectivity index (χ1) is 8.59. The summed E-state index contributed by atoms with van der Waals surface area (Å²) in [5.41, 5.74) is -0.499. The molecule has 0 aliphatic rings. The van der Waals surface area contributed by atoms with Crippen molar-refractivity contribution in [3.63, 3.8) is 0 Å². The molecule has 0 fully saturated rings. The maximum atomic E-state index is 13.4. The molecule has 0 aliphatic carbocycles. The Morgan fingerprint density at radius 3 is 2.78 bits per heavy atom. The third kappa shape index (κ3) is 2.48. The van der Waals surface area contributed by atoms with Gasteiger partial charge >= 0.3 is 5.97 Å². The Kier molecular flexibility index (Phi) is 3.57. The van der Waals surface area contributed by atoms with Crippen LogP contribution in [0.15, 0.2) is 41.1 Å². The van der Waals surface area contributed by atoms with E-state index in [-0.39, 0.29) is 5.75 Å². The number of carbonyl (C=O) groups is 1. The number of aromatic nitrogens is 1.